The number of ether oxygens (including phenoxy) is 1. The fraction of sp³-hybridized carbons (Fsp3) is 0.250. The van der Waals surface area contributed by atoms with Gasteiger partial charge in [0, 0.05) is 10.5 Å². The molecule has 0 aliphatic rings. The maximum Gasteiger partial charge on any atom is 0.241 e. The third-order valence-electron chi connectivity index (χ3n) is 3.15. The van der Waals surface area contributed by atoms with Crippen molar-refractivity contribution in [2.45, 2.75) is 24.8 Å². The maximum atomic E-state index is 12.3. The van der Waals surface area contributed by atoms with Crippen LogP contribution >= 0.6 is 15.9 Å². The van der Waals surface area contributed by atoms with Crippen molar-refractivity contribution in [3.05, 3.63) is 58.6 Å². The summed E-state index contributed by atoms with van der Waals surface area (Å²) in [5, 5.41) is 0. The predicted molar refractivity (Wildman–Crippen MR) is 90.5 cm³/mol. The van der Waals surface area contributed by atoms with E-state index in [0.717, 1.165) is 15.8 Å². The Balaban J connectivity index is 2.13. The van der Waals surface area contributed by atoms with Crippen LogP contribution in [0, 0.1) is 0 Å². The lowest BCUT2D eigenvalue weighted by atomic mass is 10.1. The molecule has 0 radical (unpaired) electrons. The molecule has 1 atom stereocenters. The van der Waals surface area contributed by atoms with Crippen LogP contribution in [0.15, 0.2) is 57.9 Å². The standard InChI is InChI=1S/C16H18BrNO3S/c1-3-21-15-8-4-13(5-9-15)12(2)18-22(19,20)16-10-6-14(17)7-11-16/h4-12,18H,3H2,1-2H3/t12-/m1/s1. The van der Waals surface area contributed by atoms with E-state index in [2.05, 4.69) is 20.7 Å². The highest BCUT2D eigenvalue weighted by atomic mass is 79.9. The van der Waals surface area contributed by atoms with Crippen LogP contribution in [-0.2, 0) is 10.0 Å². The van der Waals surface area contributed by atoms with Gasteiger partial charge in [-0.2, -0.15) is 0 Å². The maximum absolute atomic E-state index is 12.3. The van der Waals surface area contributed by atoms with Gasteiger partial charge in [-0.1, -0.05) is 28.1 Å². The molecule has 0 amide bonds. The molecule has 0 unspecified atom stereocenters. The zero-order valence-corrected chi connectivity index (χ0v) is 14.8. The first-order valence-electron chi connectivity index (χ1n) is 6.93. The molecule has 22 heavy (non-hydrogen) atoms. The van der Waals surface area contributed by atoms with Crippen molar-refractivity contribution in [2.24, 2.45) is 0 Å². The molecule has 0 fully saturated rings. The van der Waals surface area contributed by atoms with Crippen LogP contribution in [0.4, 0.5) is 0 Å². The summed E-state index contributed by atoms with van der Waals surface area (Å²) in [6.07, 6.45) is 0. The number of sulfonamides is 1. The number of hydrogen-bond donors (Lipinski definition) is 1. The Labute approximate surface area is 139 Å². The van der Waals surface area contributed by atoms with Gasteiger partial charge in [0.15, 0.2) is 0 Å². The third-order valence-corrected chi connectivity index (χ3v) is 5.23. The second-order valence-corrected chi connectivity index (χ2v) is 7.43. The molecule has 0 saturated heterocycles. The number of rotatable bonds is 6. The highest BCUT2D eigenvalue weighted by Crippen LogP contribution is 2.21. The monoisotopic (exact) mass is 383 g/mol. The highest BCUT2D eigenvalue weighted by molar-refractivity contribution is 9.10. The highest BCUT2D eigenvalue weighted by Gasteiger charge is 2.18. The molecular weight excluding hydrogens is 366 g/mol. The summed E-state index contributed by atoms with van der Waals surface area (Å²) in [6, 6.07) is 13.6. The van der Waals surface area contributed by atoms with Crippen molar-refractivity contribution in [1.82, 2.24) is 4.72 Å². The summed E-state index contributed by atoms with van der Waals surface area (Å²) < 4.78 is 33.6. The molecule has 0 aliphatic heterocycles. The van der Waals surface area contributed by atoms with Gasteiger partial charge < -0.3 is 4.74 Å². The van der Waals surface area contributed by atoms with E-state index in [4.69, 9.17) is 4.74 Å². The molecule has 0 bridgehead atoms. The van der Waals surface area contributed by atoms with Crippen molar-refractivity contribution in [3.8, 4) is 5.75 Å². The summed E-state index contributed by atoms with van der Waals surface area (Å²) in [7, 11) is -3.55. The van der Waals surface area contributed by atoms with Crippen molar-refractivity contribution < 1.29 is 13.2 Å². The first kappa shape index (κ1) is 17.0. The van der Waals surface area contributed by atoms with E-state index in [9.17, 15) is 8.42 Å². The first-order valence-corrected chi connectivity index (χ1v) is 9.20. The molecule has 0 spiro atoms. The molecule has 0 heterocycles. The lowest BCUT2D eigenvalue weighted by Crippen LogP contribution is -2.26. The molecule has 2 rings (SSSR count). The summed E-state index contributed by atoms with van der Waals surface area (Å²) >= 11 is 3.29. The summed E-state index contributed by atoms with van der Waals surface area (Å²) in [6.45, 7) is 4.33. The van der Waals surface area contributed by atoms with Gasteiger partial charge in [-0.3, -0.25) is 0 Å². The lowest BCUT2D eigenvalue weighted by molar-refractivity contribution is 0.340. The molecule has 6 heteroatoms. The van der Waals surface area contributed by atoms with E-state index in [0.29, 0.717) is 6.61 Å². The molecule has 118 valence electrons. The summed E-state index contributed by atoms with van der Waals surface area (Å²) in [5.41, 5.74) is 0.879. The summed E-state index contributed by atoms with van der Waals surface area (Å²) in [4.78, 5) is 0.244. The Morgan fingerprint density at radius 1 is 1.09 bits per heavy atom. The van der Waals surface area contributed by atoms with Gasteiger partial charge in [-0.25, -0.2) is 13.1 Å². The van der Waals surface area contributed by atoms with Crippen molar-refractivity contribution in [3.63, 3.8) is 0 Å². The average molecular weight is 384 g/mol. The SMILES string of the molecule is CCOc1ccc([C@@H](C)NS(=O)(=O)c2ccc(Br)cc2)cc1. The Hall–Kier alpha value is -1.37. The van der Waals surface area contributed by atoms with Crippen LogP contribution in [0.3, 0.4) is 0 Å². The smallest absolute Gasteiger partial charge is 0.241 e. The lowest BCUT2D eigenvalue weighted by Gasteiger charge is -2.15. The Bertz CT molecular complexity index is 712. The molecular formula is C16H18BrNO3S. The predicted octanol–water partition coefficient (Wildman–Crippen LogP) is 3.89. The van der Waals surface area contributed by atoms with Crippen LogP contribution in [0.1, 0.15) is 25.5 Å². The number of halogens is 1. The number of benzene rings is 2. The Kier molecular flexibility index (Phi) is 5.61. The largest absolute Gasteiger partial charge is 0.494 e. The minimum atomic E-state index is -3.55. The molecule has 2 aromatic rings. The van der Waals surface area contributed by atoms with Gasteiger partial charge in [-0.05, 0) is 55.8 Å². The van der Waals surface area contributed by atoms with E-state index in [1.165, 1.54) is 0 Å². The second kappa shape index (κ2) is 7.26. The topological polar surface area (TPSA) is 55.4 Å². The van der Waals surface area contributed by atoms with Gasteiger partial charge in [0.05, 0.1) is 11.5 Å². The molecule has 0 saturated carbocycles. The van der Waals surface area contributed by atoms with E-state index in [-0.39, 0.29) is 10.9 Å². The van der Waals surface area contributed by atoms with E-state index in [1.54, 1.807) is 24.3 Å². The summed E-state index contributed by atoms with van der Waals surface area (Å²) in [5.74, 6) is 0.772. The van der Waals surface area contributed by atoms with E-state index < -0.39 is 10.0 Å². The third kappa shape index (κ3) is 4.32. The quantitative estimate of drug-likeness (QED) is 0.822. The van der Waals surface area contributed by atoms with Gasteiger partial charge in [-0.15, -0.1) is 0 Å². The minimum Gasteiger partial charge on any atom is -0.494 e. The van der Waals surface area contributed by atoms with Gasteiger partial charge in [0.2, 0.25) is 10.0 Å². The van der Waals surface area contributed by atoms with E-state index >= 15 is 0 Å². The van der Waals surface area contributed by atoms with Crippen molar-refractivity contribution in [1.29, 1.82) is 0 Å². The molecule has 0 aromatic heterocycles. The minimum absolute atomic E-state index is 0.244. The van der Waals surface area contributed by atoms with E-state index in [1.807, 2.05) is 38.1 Å². The first-order chi connectivity index (χ1) is 10.4. The van der Waals surface area contributed by atoms with Crippen LogP contribution < -0.4 is 9.46 Å². The zero-order valence-electron chi connectivity index (χ0n) is 12.4. The number of nitrogens with one attached hydrogen (secondary N) is 1. The van der Waals surface area contributed by atoms with Crippen molar-refractivity contribution in [2.75, 3.05) is 6.61 Å². The second-order valence-electron chi connectivity index (χ2n) is 4.80. The molecule has 4 nitrogen and oxygen atoms in total. The Morgan fingerprint density at radius 2 is 1.68 bits per heavy atom. The zero-order chi connectivity index (χ0) is 16.2. The molecule has 1 N–H and O–H groups in total. The van der Waals surface area contributed by atoms with Crippen molar-refractivity contribution >= 4 is 26.0 Å². The van der Waals surface area contributed by atoms with Gasteiger partial charge >= 0.3 is 0 Å². The van der Waals surface area contributed by atoms with Crippen LogP contribution in [0.2, 0.25) is 0 Å². The number of hydrogen-bond acceptors (Lipinski definition) is 3. The molecule has 2 aromatic carbocycles. The normalized spacial score (nSPS) is 12.9. The fourth-order valence-corrected chi connectivity index (χ4v) is 3.50. The average Bonchev–Trinajstić information content (AvgIpc) is 2.48. The van der Waals surface area contributed by atoms with Gasteiger partial charge in [0.25, 0.3) is 0 Å². The van der Waals surface area contributed by atoms with Crippen LogP contribution in [0.5, 0.6) is 5.75 Å². The van der Waals surface area contributed by atoms with Gasteiger partial charge in [0.1, 0.15) is 5.75 Å². The Morgan fingerprint density at radius 3 is 2.23 bits per heavy atom. The molecule has 0 aliphatic carbocycles. The fourth-order valence-electron chi connectivity index (χ4n) is 2.00. The van der Waals surface area contributed by atoms with Crippen LogP contribution in [0.25, 0.3) is 0 Å². The van der Waals surface area contributed by atoms with Crippen LogP contribution in [-0.4, -0.2) is 15.0 Å².